The Balaban J connectivity index is 0.000000810. The van der Waals surface area contributed by atoms with Crippen LogP contribution in [-0.4, -0.2) is 15.9 Å². The molecule has 1 heterocycles. The molecule has 0 spiro atoms. The van der Waals surface area contributed by atoms with Crippen LogP contribution in [0.3, 0.4) is 0 Å². The van der Waals surface area contributed by atoms with E-state index in [0.29, 0.717) is 0 Å². The first-order valence-electron chi connectivity index (χ1n) is 2.29. The van der Waals surface area contributed by atoms with Gasteiger partial charge in [0.2, 0.25) is 0 Å². The Kier molecular flexibility index (Phi) is 3.70. The standard InChI is InChI=1S/C5H4N2O2.Li/c8-5(9)4-6-2-1-3-7-4;/h1-3H,(H,8,9);/q;+1/p-1. The Labute approximate surface area is 69.5 Å². The molecule has 10 heavy (non-hydrogen) atoms. The van der Waals surface area contributed by atoms with Crippen LogP contribution in [0.15, 0.2) is 18.5 Å². The van der Waals surface area contributed by atoms with Gasteiger partial charge in [0, 0.05) is 12.4 Å². The minimum absolute atomic E-state index is 0. The second-order valence-electron chi connectivity index (χ2n) is 1.36. The van der Waals surface area contributed by atoms with Crippen molar-refractivity contribution in [1.29, 1.82) is 0 Å². The van der Waals surface area contributed by atoms with Crippen LogP contribution in [0.25, 0.3) is 0 Å². The van der Waals surface area contributed by atoms with Gasteiger partial charge >= 0.3 is 18.9 Å². The molecule has 46 valence electrons. The molecule has 0 saturated carbocycles. The number of rotatable bonds is 1. The summed E-state index contributed by atoms with van der Waals surface area (Å²) in [5.41, 5.74) is 0. The number of aromatic nitrogens is 2. The zero-order valence-corrected chi connectivity index (χ0v) is 5.44. The summed E-state index contributed by atoms with van der Waals surface area (Å²) >= 11 is 0. The van der Waals surface area contributed by atoms with Crippen molar-refractivity contribution >= 4 is 5.97 Å². The van der Waals surface area contributed by atoms with Crippen molar-refractivity contribution in [3.05, 3.63) is 24.3 Å². The first kappa shape index (κ1) is 9.15. The fourth-order valence-corrected chi connectivity index (χ4v) is 0.405. The van der Waals surface area contributed by atoms with Crippen molar-refractivity contribution in [3.63, 3.8) is 0 Å². The summed E-state index contributed by atoms with van der Waals surface area (Å²) in [5, 5.41) is 9.96. The molecule has 0 aromatic carbocycles. The molecule has 0 bridgehead atoms. The molecule has 0 aliphatic heterocycles. The van der Waals surface area contributed by atoms with E-state index in [0.717, 1.165) is 0 Å². The van der Waals surface area contributed by atoms with E-state index in [4.69, 9.17) is 0 Å². The van der Waals surface area contributed by atoms with Crippen LogP contribution in [0.5, 0.6) is 0 Å². The monoisotopic (exact) mass is 130 g/mol. The molecule has 0 N–H and O–H groups in total. The van der Waals surface area contributed by atoms with E-state index in [-0.39, 0.29) is 24.7 Å². The average Bonchev–Trinajstić information content (AvgIpc) is 1.90. The summed E-state index contributed by atoms with van der Waals surface area (Å²) < 4.78 is 0. The van der Waals surface area contributed by atoms with Gasteiger partial charge in [-0.1, -0.05) is 0 Å². The summed E-state index contributed by atoms with van der Waals surface area (Å²) in [6.45, 7) is 0. The van der Waals surface area contributed by atoms with Crippen molar-refractivity contribution in [2.75, 3.05) is 0 Å². The van der Waals surface area contributed by atoms with Gasteiger partial charge in [-0.05, 0) is 6.07 Å². The second kappa shape index (κ2) is 4.04. The topological polar surface area (TPSA) is 65.9 Å². The number of carboxylic acids is 1. The van der Waals surface area contributed by atoms with Gasteiger partial charge < -0.3 is 9.90 Å². The van der Waals surface area contributed by atoms with Gasteiger partial charge in [-0.3, -0.25) is 0 Å². The number of nitrogens with zero attached hydrogens (tertiary/aromatic N) is 2. The molecule has 1 aromatic heterocycles. The van der Waals surface area contributed by atoms with Gasteiger partial charge in [0.1, 0.15) is 5.97 Å². The minimum atomic E-state index is -1.35. The largest absolute Gasteiger partial charge is 1.00 e. The van der Waals surface area contributed by atoms with E-state index in [1.165, 1.54) is 18.5 Å². The maximum atomic E-state index is 9.96. The fourth-order valence-electron chi connectivity index (χ4n) is 0.405. The van der Waals surface area contributed by atoms with Crippen molar-refractivity contribution in [1.82, 2.24) is 9.97 Å². The molecule has 1 rings (SSSR count). The molecule has 0 unspecified atom stereocenters. The molecule has 0 atom stereocenters. The van der Waals surface area contributed by atoms with Gasteiger partial charge in [-0.15, -0.1) is 0 Å². The molecule has 0 aliphatic carbocycles. The third-order valence-electron chi connectivity index (χ3n) is 0.748. The summed E-state index contributed by atoms with van der Waals surface area (Å²) in [4.78, 5) is 16.8. The maximum Gasteiger partial charge on any atom is 1.00 e. The van der Waals surface area contributed by atoms with Crippen molar-refractivity contribution in [2.45, 2.75) is 0 Å². The zero-order chi connectivity index (χ0) is 6.69. The summed E-state index contributed by atoms with van der Waals surface area (Å²) in [6, 6.07) is 1.53. The van der Waals surface area contributed by atoms with Crippen LogP contribution >= 0.6 is 0 Å². The van der Waals surface area contributed by atoms with Crippen molar-refractivity contribution in [3.8, 4) is 0 Å². The third-order valence-corrected chi connectivity index (χ3v) is 0.748. The molecule has 4 nitrogen and oxygen atoms in total. The number of aromatic carboxylic acids is 1. The van der Waals surface area contributed by atoms with Crippen LogP contribution in [0.1, 0.15) is 10.6 Å². The molecule has 5 heteroatoms. The molecule has 0 saturated heterocycles. The van der Waals surface area contributed by atoms with Crippen LogP contribution < -0.4 is 24.0 Å². The second-order valence-corrected chi connectivity index (χ2v) is 1.36. The van der Waals surface area contributed by atoms with Gasteiger partial charge in [0.05, 0.1) is 0 Å². The van der Waals surface area contributed by atoms with Crippen molar-refractivity contribution < 1.29 is 28.8 Å². The first-order valence-corrected chi connectivity index (χ1v) is 2.29. The number of carbonyl (C=O) groups excluding carboxylic acids is 1. The average molecular weight is 130 g/mol. The number of carbonyl (C=O) groups is 1. The van der Waals surface area contributed by atoms with Gasteiger partial charge in [0.15, 0.2) is 5.82 Å². The SMILES string of the molecule is O=C([O-])c1ncccn1.[Li+]. The zero-order valence-electron chi connectivity index (χ0n) is 5.44. The normalized spacial score (nSPS) is 8.00. The van der Waals surface area contributed by atoms with Crippen LogP contribution in [0.4, 0.5) is 0 Å². The number of carboxylic acid groups (broad SMARTS) is 1. The van der Waals surface area contributed by atoms with Gasteiger partial charge in [-0.2, -0.15) is 0 Å². The fraction of sp³-hybridized carbons (Fsp3) is 0. The molecular formula is C5H3LiN2O2. The van der Waals surface area contributed by atoms with E-state index < -0.39 is 5.97 Å². The molecule has 0 amide bonds. The van der Waals surface area contributed by atoms with E-state index in [1.54, 1.807) is 0 Å². The maximum absolute atomic E-state index is 9.96. The smallest absolute Gasteiger partial charge is 0.542 e. The number of hydrogen-bond donors (Lipinski definition) is 0. The molecule has 0 radical (unpaired) electrons. The van der Waals surface area contributed by atoms with Gasteiger partial charge in [-0.25, -0.2) is 9.97 Å². The Hall–Kier alpha value is -0.853. The molecular weight excluding hydrogens is 127 g/mol. The van der Waals surface area contributed by atoms with Crippen LogP contribution in [0.2, 0.25) is 0 Å². The minimum Gasteiger partial charge on any atom is -0.542 e. The first-order chi connectivity index (χ1) is 4.30. The molecule has 0 aliphatic rings. The molecule has 1 aromatic rings. The van der Waals surface area contributed by atoms with Crippen LogP contribution in [-0.2, 0) is 0 Å². The summed E-state index contributed by atoms with van der Waals surface area (Å²) in [7, 11) is 0. The van der Waals surface area contributed by atoms with Crippen molar-refractivity contribution in [2.24, 2.45) is 0 Å². The van der Waals surface area contributed by atoms with Gasteiger partial charge in [0.25, 0.3) is 0 Å². The number of hydrogen-bond acceptors (Lipinski definition) is 4. The third kappa shape index (κ3) is 2.17. The molecule has 0 fully saturated rings. The Morgan fingerprint density at radius 1 is 1.40 bits per heavy atom. The predicted molar refractivity (Wildman–Crippen MR) is 26.4 cm³/mol. The Bertz CT molecular complexity index is 214. The van der Waals surface area contributed by atoms with Crippen LogP contribution in [0, 0.1) is 0 Å². The Morgan fingerprint density at radius 3 is 2.20 bits per heavy atom. The predicted octanol–water partition coefficient (Wildman–Crippen LogP) is -4.16. The van der Waals surface area contributed by atoms with E-state index in [9.17, 15) is 9.90 Å². The van der Waals surface area contributed by atoms with E-state index >= 15 is 0 Å². The van der Waals surface area contributed by atoms with E-state index in [1.807, 2.05) is 0 Å². The summed E-state index contributed by atoms with van der Waals surface area (Å²) in [5.74, 6) is -1.63. The Morgan fingerprint density at radius 2 is 1.90 bits per heavy atom. The quantitative estimate of drug-likeness (QED) is 0.362. The van der Waals surface area contributed by atoms with E-state index in [2.05, 4.69) is 9.97 Å². The summed E-state index contributed by atoms with van der Waals surface area (Å²) in [6.07, 6.45) is 2.69.